The Hall–Kier alpha value is -2.62. The van der Waals surface area contributed by atoms with Crippen molar-refractivity contribution in [3.63, 3.8) is 0 Å². The van der Waals surface area contributed by atoms with Gasteiger partial charge in [0.2, 0.25) is 0 Å². The Morgan fingerprint density at radius 3 is 2.41 bits per heavy atom. The molecule has 6 heteroatoms. The summed E-state index contributed by atoms with van der Waals surface area (Å²) in [5.74, 6) is 1.88. The summed E-state index contributed by atoms with van der Waals surface area (Å²) < 4.78 is 31.8. The summed E-state index contributed by atoms with van der Waals surface area (Å²) in [6.45, 7) is 5.49. The normalized spacial score (nSPS) is 13.1. The minimum atomic E-state index is -0.261. The minimum Gasteiger partial charge on any atom is -0.497 e. The molecule has 0 radical (unpaired) electrons. The van der Waals surface area contributed by atoms with Crippen LogP contribution in [-0.4, -0.2) is 21.3 Å². The van der Waals surface area contributed by atoms with Gasteiger partial charge in [0.1, 0.15) is 18.2 Å². The lowest BCUT2D eigenvalue weighted by Gasteiger charge is -2.33. The maximum absolute atomic E-state index is 14.0. The van der Waals surface area contributed by atoms with E-state index in [1.165, 1.54) is 0 Å². The van der Waals surface area contributed by atoms with Crippen LogP contribution in [0.4, 0.5) is 4.39 Å². The fraction of sp³-hybridized carbons (Fsp3) is 0.357. The van der Waals surface area contributed by atoms with Crippen LogP contribution in [0.15, 0.2) is 60.7 Å². The molecule has 2 unspecified atom stereocenters. The van der Waals surface area contributed by atoms with Crippen LogP contribution in [0.1, 0.15) is 43.4 Å². The SMILES string of the molecule is CCCC(C)(Pc1ccc(F)cc1CNC)c1cc(OC)cc(OC)c1OCc1ccccc1. The third-order valence-electron chi connectivity index (χ3n) is 5.90. The molecule has 34 heavy (non-hydrogen) atoms. The molecule has 0 aromatic heterocycles. The summed E-state index contributed by atoms with van der Waals surface area (Å²) in [4.78, 5) is 0. The first kappa shape index (κ1) is 26.0. The first-order valence-electron chi connectivity index (χ1n) is 11.6. The second-order valence-corrected chi connectivity index (χ2v) is 10.4. The molecule has 4 nitrogen and oxygen atoms in total. The van der Waals surface area contributed by atoms with E-state index in [2.05, 4.69) is 25.2 Å². The predicted molar refractivity (Wildman–Crippen MR) is 140 cm³/mol. The number of hydrogen-bond donors (Lipinski definition) is 1. The number of nitrogens with one attached hydrogen (secondary N) is 1. The van der Waals surface area contributed by atoms with Crippen LogP contribution in [0.5, 0.6) is 17.2 Å². The second kappa shape index (κ2) is 12.2. The summed E-state index contributed by atoms with van der Waals surface area (Å²) in [7, 11) is 5.59. The highest BCUT2D eigenvalue weighted by Gasteiger charge is 2.33. The summed E-state index contributed by atoms with van der Waals surface area (Å²) in [6, 6.07) is 19.1. The molecule has 182 valence electrons. The zero-order chi connectivity index (χ0) is 24.6. The summed E-state index contributed by atoms with van der Waals surface area (Å²) in [5, 5.41) is 4.05. The highest BCUT2D eigenvalue weighted by Crippen LogP contribution is 2.52. The van der Waals surface area contributed by atoms with Crippen LogP contribution in [0.3, 0.4) is 0 Å². The largest absolute Gasteiger partial charge is 0.497 e. The Bertz CT molecular complexity index is 1080. The molecule has 0 saturated heterocycles. The topological polar surface area (TPSA) is 39.7 Å². The van der Waals surface area contributed by atoms with Gasteiger partial charge in [-0.3, -0.25) is 0 Å². The standard InChI is InChI=1S/C28H35FNO3P/c1-6-14-28(2,34-26-13-12-22(29)15-21(26)18-30-3)24-16-23(31-4)17-25(32-5)27(24)33-19-20-10-8-7-9-11-20/h7-13,15-17,30,34H,6,14,18-19H2,1-5H3. The molecule has 3 rings (SSSR count). The number of benzene rings is 3. The van der Waals surface area contributed by atoms with Crippen LogP contribution < -0.4 is 24.8 Å². The molecule has 3 aromatic rings. The van der Waals surface area contributed by atoms with E-state index in [0.717, 1.165) is 46.3 Å². The molecule has 3 aromatic carbocycles. The van der Waals surface area contributed by atoms with Crippen molar-refractivity contribution in [1.82, 2.24) is 5.32 Å². The van der Waals surface area contributed by atoms with Gasteiger partial charge in [0.25, 0.3) is 0 Å². The smallest absolute Gasteiger partial charge is 0.166 e. The van der Waals surface area contributed by atoms with Crippen LogP contribution in [0.25, 0.3) is 0 Å². The average Bonchev–Trinajstić information content (AvgIpc) is 2.85. The van der Waals surface area contributed by atoms with Crippen LogP contribution in [0.2, 0.25) is 0 Å². The molecule has 0 aliphatic carbocycles. The Morgan fingerprint density at radius 2 is 1.76 bits per heavy atom. The van der Waals surface area contributed by atoms with Gasteiger partial charge in [-0.1, -0.05) is 65.2 Å². The van der Waals surface area contributed by atoms with E-state index >= 15 is 0 Å². The van der Waals surface area contributed by atoms with E-state index in [9.17, 15) is 4.39 Å². The van der Waals surface area contributed by atoms with Gasteiger partial charge in [0, 0.05) is 23.3 Å². The molecular weight excluding hydrogens is 448 g/mol. The van der Waals surface area contributed by atoms with Gasteiger partial charge >= 0.3 is 0 Å². The fourth-order valence-electron chi connectivity index (χ4n) is 4.22. The lowest BCUT2D eigenvalue weighted by Crippen LogP contribution is -2.23. The molecule has 0 spiro atoms. The van der Waals surface area contributed by atoms with E-state index < -0.39 is 0 Å². The first-order chi connectivity index (χ1) is 16.4. The van der Waals surface area contributed by atoms with Gasteiger partial charge in [-0.05, 0) is 48.1 Å². The van der Waals surface area contributed by atoms with E-state index in [-0.39, 0.29) is 11.0 Å². The molecule has 0 aliphatic heterocycles. The minimum absolute atomic E-state index is 0.217. The fourth-order valence-corrected chi connectivity index (χ4v) is 6.00. The molecule has 0 aliphatic rings. The quantitative estimate of drug-likeness (QED) is 0.313. The van der Waals surface area contributed by atoms with Gasteiger partial charge in [-0.15, -0.1) is 0 Å². The molecule has 0 saturated carbocycles. The molecule has 0 amide bonds. The number of hydrogen-bond acceptors (Lipinski definition) is 4. The van der Waals surface area contributed by atoms with Crippen LogP contribution >= 0.6 is 8.58 Å². The van der Waals surface area contributed by atoms with Crippen molar-refractivity contribution in [3.05, 3.63) is 83.2 Å². The lowest BCUT2D eigenvalue weighted by atomic mass is 9.93. The molecule has 0 heterocycles. The van der Waals surface area contributed by atoms with Gasteiger partial charge in [-0.25, -0.2) is 4.39 Å². The zero-order valence-electron chi connectivity index (χ0n) is 20.7. The number of methoxy groups -OCH3 is 2. The zero-order valence-corrected chi connectivity index (χ0v) is 21.7. The maximum atomic E-state index is 14.0. The number of rotatable bonds is 12. The summed E-state index contributed by atoms with van der Waals surface area (Å²) in [6.07, 6.45) is 1.92. The summed E-state index contributed by atoms with van der Waals surface area (Å²) in [5.41, 5.74) is 3.10. The monoisotopic (exact) mass is 483 g/mol. The van der Waals surface area contributed by atoms with E-state index in [4.69, 9.17) is 14.2 Å². The van der Waals surface area contributed by atoms with Crippen molar-refractivity contribution in [2.24, 2.45) is 0 Å². The molecule has 1 N–H and O–H groups in total. The van der Waals surface area contributed by atoms with Crippen molar-refractivity contribution in [2.45, 2.75) is 45.0 Å². The number of halogens is 1. The van der Waals surface area contributed by atoms with Gasteiger partial charge in [0.05, 0.1) is 14.2 Å². The maximum Gasteiger partial charge on any atom is 0.166 e. The third kappa shape index (κ3) is 6.28. The van der Waals surface area contributed by atoms with E-state index in [1.54, 1.807) is 26.4 Å². The molecular formula is C28H35FNO3P. The molecule has 2 atom stereocenters. The predicted octanol–water partition coefficient (Wildman–Crippen LogP) is 6.16. The van der Waals surface area contributed by atoms with Crippen molar-refractivity contribution in [2.75, 3.05) is 21.3 Å². The first-order valence-corrected chi connectivity index (χ1v) is 12.6. The van der Waals surface area contributed by atoms with E-state index in [1.807, 2.05) is 49.5 Å². The van der Waals surface area contributed by atoms with Crippen molar-refractivity contribution < 1.29 is 18.6 Å². The van der Waals surface area contributed by atoms with Gasteiger partial charge in [0.15, 0.2) is 11.5 Å². The Labute approximate surface area is 204 Å². The summed E-state index contributed by atoms with van der Waals surface area (Å²) >= 11 is 0. The van der Waals surface area contributed by atoms with Gasteiger partial charge < -0.3 is 19.5 Å². The second-order valence-electron chi connectivity index (χ2n) is 8.52. The number of ether oxygens (including phenoxy) is 3. The molecule has 0 fully saturated rings. The van der Waals surface area contributed by atoms with Crippen LogP contribution in [-0.2, 0) is 18.3 Å². The lowest BCUT2D eigenvalue weighted by molar-refractivity contribution is 0.276. The van der Waals surface area contributed by atoms with Crippen molar-refractivity contribution >= 4 is 13.9 Å². The highest BCUT2D eigenvalue weighted by molar-refractivity contribution is 7.48. The average molecular weight is 484 g/mol. The Morgan fingerprint density at radius 1 is 1.00 bits per heavy atom. The third-order valence-corrected chi connectivity index (χ3v) is 7.73. The van der Waals surface area contributed by atoms with E-state index in [0.29, 0.717) is 27.5 Å². The molecule has 0 bridgehead atoms. The van der Waals surface area contributed by atoms with Crippen LogP contribution in [0, 0.1) is 5.82 Å². The highest BCUT2D eigenvalue weighted by atomic mass is 31.1. The van der Waals surface area contributed by atoms with Crippen molar-refractivity contribution in [1.29, 1.82) is 0 Å². The Kier molecular flexibility index (Phi) is 9.32. The van der Waals surface area contributed by atoms with Gasteiger partial charge in [-0.2, -0.15) is 0 Å². The Balaban J connectivity index is 2.10. The van der Waals surface area contributed by atoms with Crippen molar-refractivity contribution in [3.8, 4) is 17.2 Å².